The lowest BCUT2D eigenvalue weighted by molar-refractivity contribution is -0.122. The van der Waals surface area contributed by atoms with Crippen LogP contribution in [-0.2, 0) is 9.59 Å². The number of para-hydroxylation sites is 1. The monoisotopic (exact) mass is 364 g/mol. The highest BCUT2D eigenvalue weighted by Gasteiger charge is 2.37. The number of imide groups is 2. The fourth-order valence-corrected chi connectivity index (χ4v) is 2.50. The number of ether oxygens (including phenoxy) is 1. The summed E-state index contributed by atoms with van der Waals surface area (Å²) in [5, 5.41) is 2.04. The van der Waals surface area contributed by atoms with E-state index in [4.69, 9.17) is 11.2 Å². The van der Waals surface area contributed by atoms with E-state index < -0.39 is 23.7 Å². The Kier molecular flexibility index (Phi) is 4.99. The molecule has 1 heterocycles. The summed E-state index contributed by atoms with van der Waals surface area (Å²) in [6.07, 6.45) is 6.44. The summed E-state index contributed by atoms with van der Waals surface area (Å²) in [5.41, 5.74) is -0.0812. The first kappa shape index (κ1) is 17.9. The average Bonchev–Trinajstić information content (AvgIpc) is 2.65. The number of rotatable bonds is 4. The molecule has 0 aromatic heterocycles. The average molecular weight is 364 g/mol. The molecular formula is C20H13FN2O4. The molecule has 7 heteroatoms. The van der Waals surface area contributed by atoms with Crippen molar-refractivity contribution in [2.24, 2.45) is 0 Å². The first-order valence-corrected chi connectivity index (χ1v) is 7.83. The predicted molar refractivity (Wildman–Crippen MR) is 96.2 cm³/mol. The number of barbiturate groups is 1. The second-order valence-electron chi connectivity index (χ2n) is 5.47. The number of urea groups is 1. The molecule has 6 nitrogen and oxygen atoms in total. The molecule has 0 radical (unpaired) electrons. The molecule has 0 unspecified atom stereocenters. The maximum Gasteiger partial charge on any atom is 0.336 e. The summed E-state index contributed by atoms with van der Waals surface area (Å²) in [6.45, 7) is 0.0645. The Hall–Kier alpha value is -3.92. The molecular weight excluding hydrogens is 351 g/mol. The Balaban J connectivity index is 1.98. The first-order chi connectivity index (χ1) is 13.0. The third kappa shape index (κ3) is 3.70. The molecule has 0 saturated carbocycles. The Morgan fingerprint density at radius 2 is 1.93 bits per heavy atom. The molecule has 0 aliphatic carbocycles. The smallest absolute Gasteiger partial charge is 0.336 e. The molecule has 2 aromatic rings. The van der Waals surface area contributed by atoms with Crippen molar-refractivity contribution >= 4 is 29.6 Å². The van der Waals surface area contributed by atoms with Gasteiger partial charge in [0.25, 0.3) is 11.8 Å². The van der Waals surface area contributed by atoms with Gasteiger partial charge in [0.15, 0.2) is 0 Å². The number of nitrogens with one attached hydrogen (secondary N) is 1. The standard InChI is InChI=1S/C20H13FN2O4/c1-2-10-27-14-7-5-6-13(11-14)12-15-18(24)22-20(26)23(19(15)25)17-9-4-3-8-16(17)21/h1,3-9,11-12H,10H2,(H,22,24,26)/b15-12+. The zero-order valence-corrected chi connectivity index (χ0v) is 13.9. The van der Waals surface area contributed by atoms with Crippen molar-refractivity contribution < 1.29 is 23.5 Å². The van der Waals surface area contributed by atoms with Gasteiger partial charge in [-0.05, 0) is 35.9 Å². The van der Waals surface area contributed by atoms with Crippen LogP contribution in [0.2, 0.25) is 0 Å². The highest BCUT2D eigenvalue weighted by Crippen LogP contribution is 2.25. The third-order valence-corrected chi connectivity index (χ3v) is 3.69. The number of carbonyl (C=O) groups excluding carboxylic acids is 3. The first-order valence-electron chi connectivity index (χ1n) is 7.83. The van der Waals surface area contributed by atoms with Crippen LogP contribution in [0, 0.1) is 18.2 Å². The van der Waals surface area contributed by atoms with Gasteiger partial charge in [0, 0.05) is 0 Å². The van der Waals surface area contributed by atoms with Gasteiger partial charge in [0.2, 0.25) is 0 Å². The third-order valence-electron chi connectivity index (χ3n) is 3.69. The molecule has 1 N–H and O–H groups in total. The molecule has 1 fully saturated rings. The molecule has 0 bridgehead atoms. The Morgan fingerprint density at radius 1 is 1.15 bits per heavy atom. The Bertz CT molecular complexity index is 1010. The number of anilines is 1. The molecule has 27 heavy (non-hydrogen) atoms. The van der Waals surface area contributed by atoms with Crippen molar-refractivity contribution in [3.8, 4) is 18.1 Å². The van der Waals surface area contributed by atoms with Crippen molar-refractivity contribution in [2.45, 2.75) is 0 Å². The lowest BCUT2D eigenvalue weighted by Crippen LogP contribution is -2.54. The van der Waals surface area contributed by atoms with E-state index in [1.54, 1.807) is 24.3 Å². The lowest BCUT2D eigenvalue weighted by Gasteiger charge is -2.26. The molecule has 0 atom stereocenters. The number of nitrogens with zero attached hydrogens (tertiary/aromatic N) is 1. The normalized spacial score (nSPS) is 15.5. The lowest BCUT2D eigenvalue weighted by atomic mass is 10.1. The largest absolute Gasteiger partial charge is 0.481 e. The Morgan fingerprint density at radius 3 is 2.67 bits per heavy atom. The molecule has 1 aliphatic rings. The van der Waals surface area contributed by atoms with Crippen molar-refractivity contribution in [1.82, 2.24) is 5.32 Å². The zero-order valence-electron chi connectivity index (χ0n) is 13.9. The van der Waals surface area contributed by atoms with Crippen LogP contribution in [0.1, 0.15) is 5.56 Å². The molecule has 1 saturated heterocycles. The van der Waals surface area contributed by atoms with Crippen LogP contribution < -0.4 is 15.0 Å². The van der Waals surface area contributed by atoms with Crippen molar-refractivity contribution in [2.75, 3.05) is 11.5 Å². The van der Waals surface area contributed by atoms with Crippen molar-refractivity contribution in [1.29, 1.82) is 0 Å². The maximum absolute atomic E-state index is 14.0. The minimum absolute atomic E-state index is 0.0645. The van der Waals surface area contributed by atoms with Gasteiger partial charge in [-0.1, -0.05) is 30.2 Å². The van der Waals surface area contributed by atoms with Gasteiger partial charge >= 0.3 is 6.03 Å². The number of hydrogen-bond donors (Lipinski definition) is 1. The van der Waals surface area contributed by atoms with Gasteiger partial charge in [-0.25, -0.2) is 14.1 Å². The number of benzene rings is 2. The molecule has 4 amide bonds. The van der Waals surface area contributed by atoms with E-state index in [1.807, 2.05) is 5.32 Å². The number of hydrogen-bond acceptors (Lipinski definition) is 4. The fourth-order valence-electron chi connectivity index (χ4n) is 2.50. The molecule has 134 valence electrons. The van der Waals surface area contributed by atoms with E-state index in [1.165, 1.54) is 24.3 Å². The second kappa shape index (κ2) is 7.54. The quantitative estimate of drug-likeness (QED) is 0.514. The van der Waals surface area contributed by atoms with Gasteiger partial charge in [-0.2, -0.15) is 0 Å². The van der Waals surface area contributed by atoms with E-state index in [9.17, 15) is 18.8 Å². The number of halogens is 1. The number of carbonyl (C=O) groups is 3. The van der Waals surface area contributed by atoms with Crippen molar-refractivity contribution in [3.63, 3.8) is 0 Å². The van der Waals surface area contributed by atoms with E-state index in [-0.39, 0.29) is 17.9 Å². The SMILES string of the molecule is C#CCOc1cccc(/C=C2\C(=O)NC(=O)N(c3ccccc3F)C2=O)c1. The van der Waals surface area contributed by atoms with Gasteiger partial charge in [-0.3, -0.25) is 14.9 Å². The van der Waals surface area contributed by atoms with Gasteiger partial charge in [0.1, 0.15) is 23.7 Å². The summed E-state index contributed by atoms with van der Waals surface area (Å²) in [5.74, 6) is 0.222. The van der Waals surface area contributed by atoms with Crippen LogP contribution in [-0.4, -0.2) is 24.5 Å². The minimum Gasteiger partial charge on any atom is -0.481 e. The fraction of sp³-hybridized carbons (Fsp3) is 0.0500. The molecule has 1 aliphatic heterocycles. The van der Waals surface area contributed by atoms with Gasteiger partial charge in [-0.15, -0.1) is 6.42 Å². The van der Waals surface area contributed by atoms with Crippen LogP contribution in [0.25, 0.3) is 6.08 Å². The summed E-state index contributed by atoms with van der Waals surface area (Å²) in [4.78, 5) is 37.5. The van der Waals surface area contributed by atoms with E-state index in [0.717, 1.165) is 6.07 Å². The van der Waals surface area contributed by atoms with E-state index in [0.29, 0.717) is 16.2 Å². The number of terminal acetylenes is 1. The van der Waals surface area contributed by atoms with Crippen LogP contribution in [0.5, 0.6) is 5.75 Å². The highest BCUT2D eigenvalue weighted by atomic mass is 19.1. The molecule has 3 rings (SSSR count). The topological polar surface area (TPSA) is 75.7 Å². The van der Waals surface area contributed by atoms with Crippen LogP contribution in [0.4, 0.5) is 14.9 Å². The van der Waals surface area contributed by atoms with E-state index in [2.05, 4.69) is 5.92 Å². The molecule has 0 spiro atoms. The predicted octanol–water partition coefficient (Wildman–Crippen LogP) is 2.50. The summed E-state index contributed by atoms with van der Waals surface area (Å²) in [7, 11) is 0. The second-order valence-corrected chi connectivity index (χ2v) is 5.47. The van der Waals surface area contributed by atoms with E-state index >= 15 is 0 Å². The Labute approximate surface area is 154 Å². The summed E-state index contributed by atoms with van der Waals surface area (Å²) < 4.78 is 19.3. The summed E-state index contributed by atoms with van der Waals surface area (Å²) >= 11 is 0. The van der Waals surface area contributed by atoms with Crippen molar-refractivity contribution in [3.05, 3.63) is 65.5 Å². The number of amides is 4. The molecule has 2 aromatic carbocycles. The minimum atomic E-state index is -1.02. The summed E-state index contributed by atoms with van der Waals surface area (Å²) in [6, 6.07) is 10.8. The van der Waals surface area contributed by atoms with Gasteiger partial charge < -0.3 is 4.74 Å². The van der Waals surface area contributed by atoms with Crippen LogP contribution in [0.3, 0.4) is 0 Å². The van der Waals surface area contributed by atoms with Crippen LogP contribution >= 0.6 is 0 Å². The zero-order chi connectivity index (χ0) is 19.4. The highest BCUT2D eigenvalue weighted by molar-refractivity contribution is 6.39. The van der Waals surface area contributed by atoms with Gasteiger partial charge in [0.05, 0.1) is 5.69 Å². The van der Waals surface area contributed by atoms with Crippen LogP contribution in [0.15, 0.2) is 54.1 Å². The maximum atomic E-state index is 14.0.